The normalized spacial score (nSPS) is 15.5. The van der Waals surface area contributed by atoms with E-state index < -0.39 is 0 Å². The molecule has 0 spiro atoms. The number of amides is 2. The predicted octanol–water partition coefficient (Wildman–Crippen LogP) is 6.23. The molecule has 0 saturated heterocycles. The highest BCUT2D eigenvalue weighted by atomic mass is 35.5. The maximum Gasteiger partial charge on any atom is 0.342 e. The molecule has 1 heterocycles. The second-order valence-electron chi connectivity index (χ2n) is 7.24. The molecule has 2 amide bonds. The van der Waals surface area contributed by atoms with Gasteiger partial charge in [-0.05, 0) is 59.7 Å². The van der Waals surface area contributed by atoms with Crippen LogP contribution in [-0.4, -0.2) is 30.4 Å². The van der Waals surface area contributed by atoms with Crippen LogP contribution in [0.3, 0.4) is 0 Å². The van der Waals surface area contributed by atoms with Crippen molar-refractivity contribution >= 4 is 40.6 Å². The van der Waals surface area contributed by atoms with Gasteiger partial charge in [0.25, 0.3) is 0 Å². The van der Waals surface area contributed by atoms with Crippen molar-refractivity contribution < 1.29 is 9.53 Å². The molecule has 0 fully saturated rings. The van der Waals surface area contributed by atoms with Gasteiger partial charge >= 0.3 is 6.03 Å². The second kappa shape index (κ2) is 9.41. The molecule has 1 atom stereocenters. The zero-order valence-electron chi connectivity index (χ0n) is 16.9. The van der Waals surface area contributed by atoms with E-state index in [0.29, 0.717) is 28.7 Å². The van der Waals surface area contributed by atoms with Crippen molar-refractivity contribution in [2.75, 3.05) is 19.0 Å². The van der Waals surface area contributed by atoms with E-state index in [-0.39, 0.29) is 11.9 Å². The summed E-state index contributed by atoms with van der Waals surface area (Å²) in [6.07, 6.45) is 0.622. The first-order chi connectivity index (χ1) is 15.0. The molecule has 0 saturated carbocycles. The van der Waals surface area contributed by atoms with Crippen molar-refractivity contribution in [1.82, 2.24) is 5.01 Å². The summed E-state index contributed by atoms with van der Waals surface area (Å²) >= 11 is 12.1. The topological polar surface area (TPSA) is 53.9 Å². The first-order valence-electron chi connectivity index (χ1n) is 9.81. The number of urea groups is 1. The minimum atomic E-state index is -0.282. The zero-order chi connectivity index (χ0) is 21.8. The lowest BCUT2D eigenvalue weighted by Crippen LogP contribution is -2.30. The van der Waals surface area contributed by atoms with E-state index in [4.69, 9.17) is 27.9 Å². The summed E-state index contributed by atoms with van der Waals surface area (Å²) in [5.41, 5.74) is 3.74. The van der Waals surface area contributed by atoms with Crippen molar-refractivity contribution in [3.63, 3.8) is 0 Å². The van der Waals surface area contributed by atoms with Gasteiger partial charge in [-0.1, -0.05) is 47.5 Å². The lowest BCUT2D eigenvalue weighted by atomic mass is 9.91. The molecule has 1 N–H and O–H groups in total. The second-order valence-corrected chi connectivity index (χ2v) is 8.11. The van der Waals surface area contributed by atoms with Gasteiger partial charge in [-0.15, -0.1) is 0 Å². The molecular weight excluding hydrogens is 433 g/mol. The Bertz CT molecular complexity index is 1080. The van der Waals surface area contributed by atoms with Gasteiger partial charge < -0.3 is 10.1 Å². The van der Waals surface area contributed by atoms with Crippen molar-refractivity contribution in [2.45, 2.75) is 12.3 Å². The fourth-order valence-corrected chi connectivity index (χ4v) is 3.75. The largest absolute Gasteiger partial charge is 0.497 e. The van der Waals surface area contributed by atoms with E-state index in [1.165, 1.54) is 5.01 Å². The predicted molar refractivity (Wildman–Crippen MR) is 126 cm³/mol. The number of hydrazone groups is 1. The van der Waals surface area contributed by atoms with Gasteiger partial charge in [-0.3, -0.25) is 0 Å². The van der Waals surface area contributed by atoms with Gasteiger partial charge in [0.15, 0.2) is 0 Å². The van der Waals surface area contributed by atoms with Crippen LogP contribution < -0.4 is 10.1 Å². The van der Waals surface area contributed by atoms with Gasteiger partial charge in [-0.2, -0.15) is 5.10 Å². The molecule has 0 bridgehead atoms. The van der Waals surface area contributed by atoms with Crippen LogP contribution in [0, 0.1) is 0 Å². The Labute approximate surface area is 191 Å². The number of carbonyl (C=O) groups is 1. The molecule has 5 nitrogen and oxygen atoms in total. The molecule has 3 aromatic carbocycles. The molecular formula is C24H21Cl2N3O2. The van der Waals surface area contributed by atoms with E-state index >= 15 is 0 Å². The number of rotatable bonds is 5. The quantitative estimate of drug-likeness (QED) is 0.497. The zero-order valence-corrected chi connectivity index (χ0v) is 18.4. The first-order valence-corrected chi connectivity index (χ1v) is 10.6. The van der Waals surface area contributed by atoms with Gasteiger partial charge in [-0.25, -0.2) is 9.80 Å². The molecule has 0 aliphatic carbocycles. The number of nitrogens with one attached hydrogen (secondary N) is 1. The molecule has 1 unspecified atom stereocenters. The molecule has 31 heavy (non-hydrogen) atoms. The van der Waals surface area contributed by atoms with Crippen molar-refractivity contribution in [1.29, 1.82) is 0 Å². The van der Waals surface area contributed by atoms with E-state index in [9.17, 15) is 4.79 Å². The third kappa shape index (κ3) is 5.19. The highest BCUT2D eigenvalue weighted by Gasteiger charge is 2.31. The summed E-state index contributed by atoms with van der Waals surface area (Å²) in [6.45, 7) is 0.451. The average Bonchev–Trinajstić information content (AvgIpc) is 3.20. The molecule has 158 valence electrons. The molecule has 4 rings (SSSR count). The first kappa shape index (κ1) is 21.2. The molecule has 1 aliphatic heterocycles. The van der Waals surface area contributed by atoms with Crippen molar-refractivity contribution in [3.8, 4) is 5.75 Å². The summed E-state index contributed by atoms with van der Waals surface area (Å²) in [4.78, 5) is 12.9. The monoisotopic (exact) mass is 453 g/mol. The highest BCUT2D eigenvalue weighted by Crippen LogP contribution is 2.29. The summed E-state index contributed by atoms with van der Waals surface area (Å²) in [5, 5.41) is 10.4. The van der Waals surface area contributed by atoms with Crippen molar-refractivity contribution in [3.05, 3.63) is 94.0 Å². The molecule has 3 aromatic rings. The fourth-order valence-electron chi connectivity index (χ4n) is 3.50. The number of carbonyl (C=O) groups excluding carboxylic acids is 1. The standard InChI is InChI=1S/C24H21Cl2N3O2/c1-31-21-12-10-20(11-13-21)27-24(30)29-15-22(17-4-8-19(26)9-5-17)23(28-29)14-16-2-6-18(25)7-3-16/h2-13,22H,14-15H2,1H3,(H,27,30). The lowest BCUT2D eigenvalue weighted by molar-refractivity contribution is 0.218. The third-order valence-electron chi connectivity index (χ3n) is 5.15. The van der Waals surface area contributed by atoms with E-state index in [1.807, 2.05) is 48.5 Å². The Kier molecular flexibility index (Phi) is 6.44. The maximum absolute atomic E-state index is 12.9. The highest BCUT2D eigenvalue weighted by molar-refractivity contribution is 6.30. The van der Waals surface area contributed by atoms with Gasteiger partial charge in [0.05, 0.1) is 19.4 Å². The molecule has 7 heteroatoms. The van der Waals surface area contributed by atoms with Crippen LogP contribution in [0.2, 0.25) is 10.0 Å². The number of ether oxygens (including phenoxy) is 1. The number of benzene rings is 3. The van der Waals surface area contributed by atoms with Crippen LogP contribution in [0.5, 0.6) is 5.75 Å². The number of hydrogen-bond donors (Lipinski definition) is 1. The summed E-state index contributed by atoms with van der Waals surface area (Å²) in [7, 11) is 1.60. The molecule has 1 aliphatic rings. The number of nitrogens with zero attached hydrogens (tertiary/aromatic N) is 2. The number of anilines is 1. The Balaban J connectivity index is 1.55. The van der Waals surface area contributed by atoms with Crippen LogP contribution in [0.15, 0.2) is 77.9 Å². The molecule has 0 aromatic heterocycles. The van der Waals surface area contributed by atoms with Crippen LogP contribution >= 0.6 is 23.2 Å². The van der Waals surface area contributed by atoms with Crippen LogP contribution in [0.25, 0.3) is 0 Å². The van der Waals surface area contributed by atoms with Crippen molar-refractivity contribution in [2.24, 2.45) is 5.10 Å². The van der Waals surface area contributed by atoms with E-state index in [1.54, 1.807) is 31.4 Å². The van der Waals surface area contributed by atoms with Crippen LogP contribution in [0.1, 0.15) is 17.0 Å². The Morgan fingerprint density at radius 2 is 1.61 bits per heavy atom. The van der Waals surface area contributed by atoms with Crippen LogP contribution in [0.4, 0.5) is 10.5 Å². The lowest BCUT2D eigenvalue weighted by Gasteiger charge is -2.16. The van der Waals surface area contributed by atoms with Gasteiger partial charge in [0.1, 0.15) is 5.75 Å². The minimum absolute atomic E-state index is 0.0189. The SMILES string of the molecule is COc1ccc(NC(=O)N2CC(c3ccc(Cl)cc3)C(Cc3ccc(Cl)cc3)=N2)cc1. The molecule has 0 radical (unpaired) electrons. The Hall–Kier alpha value is -3.02. The number of halogens is 2. The van der Waals surface area contributed by atoms with E-state index in [2.05, 4.69) is 10.4 Å². The Morgan fingerprint density at radius 3 is 2.23 bits per heavy atom. The van der Waals surface area contributed by atoms with Gasteiger partial charge in [0.2, 0.25) is 0 Å². The maximum atomic E-state index is 12.9. The third-order valence-corrected chi connectivity index (χ3v) is 5.66. The minimum Gasteiger partial charge on any atom is -0.497 e. The smallest absolute Gasteiger partial charge is 0.342 e. The average molecular weight is 454 g/mol. The number of methoxy groups -OCH3 is 1. The fraction of sp³-hybridized carbons (Fsp3) is 0.167. The summed E-state index contributed by atoms with van der Waals surface area (Å²) < 4.78 is 5.16. The summed E-state index contributed by atoms with van der Waals surface area (Å²) in [5.74, 6) is 0.708. The van der Waals surface area contributed by atoms with Gasteiger partial charge in [0, 0.05) is 28.1 Å². The van der Waals surface area contributed by atoms with E-state index in [0.717, 1.165) is 22.6 Å². The van der Waals surface area contributed by atoms with Crippen LogP contribution in [-0.2, 0) is 6.42 Å². The number of hydrogen-bond acceptors (Lipinski definition) is 3. The summed E-state index contributed by atoms with van der Waals surface area (Å²) in [6, 6.07) is 22.2. The Morgan fingerprint density at radius 1 is 1.00 bits per heavy atom.